The van der Waals surface area contributed by atoms with Crippen LogP contribution in [0.1, 0.15) is 22.8 Å². The van der Waals surface area contributed by atoms with Crippen LogP contribution in [0.4, 0.5) is 11.4 Å². The van der Waals surface area contributed by atoms with Crippen LogP contribution in [0.3, 0.4) is 0 Å². The number of hydrogen-bond donors (Lipinski definition) is 1. The SMILES string of the molecule is CCOC(=O)c1ccc(C)c(NC(=O)CN(c2cc(Cl)ccc2OC)S(=O)(=O)c2ccc(OC)c(OC)c2)c1. The molecule has 0 bridgehead atoms. The molecule has 10 nitrogen and oxygen atoms in total. The molecular weight excluding hydrogens is 548 g/mol. The van der Waals surface area contributed by atoms with E-state index in [1.54, 1.807) is 26.0 Å². The van der Waals surface area contributed by atoms with Crippen molar-refractivity contribution in [1.29, 1.82) is 0 Å². The lowest BCUT2D eigenvalue weighted by Gasteiger charge is -2.26. The van der Waals surface area contributed by atoms with Crippen LogP contribution in [0, 0.1) is 6.92 Å². The van der Waals surface area contributed by atoms with Gasteiger partial charge in [-0.2, -0.15) is 0 Å². The van der Waals surface area contributed by atoms with E-state index in [-0.39, 0.29) is 39.3 Å². The van der Waals surface area contributed by atoms with E-state index in [2.05, 4.69) is 5.32 Å². The summed E-state index contributed by atoms with van der Waals surface area (Å²) in [6, 6.07) is 13.2. The van der Waals surface area contributed by atoms with Crippen LogP contribution >= 0.6 is 11.6 Å². The maximum absolute atomic E-state index is 13.9. The average Bonchev–Trinajstić information content (AvgIpc) is 2.92. The Labute approximate surface area is 232 Å². The summed E-state index contributed by atoms with van der Waals surface area (Å²) in [6.45, 7) is 2.98. The van der Waals surface area contributed by atoms with Crippen molar-refractivity contribution in [3.05, 3.63) is 70.7 Å². The van der Waals surface area contributed by atoms with E-state index in [0.717, 1.165) is 4.31 Å². The number of amides is 1. The van der Waals surface area contributed by atoms with Crippen LogP contribution in [-0.2, 0) is 19.6 Å². The van der Waals surface area contributed by atoms with Crippen molar-refractivity contribution in [2.75, 3.05) is 44.1 Å². The van der Waals surface area contributed by atoms with Gasteiger partial charge < -0.3 is 24.3 Å². The molecule has 0 fully saturated rings. The summed E-state index contributed by atoms with van der Waals surface area (Å²) in [5.41, 5.74) is 1.27. The molecular formula is C27H29ClN2O8S. The van der Waals surface area contributed by atoms with Gasteiger partial charge in [0.25, 0.3) is 10.0 Å². The molecule has 208 valence electrons. The molecule has 12 heteroatoms. The number of hydrogen-bond acceptors (Lipinski definition) is 8. The number of aryl methyl sites for hydroxylation is 1. The normalized spacial score (nSPS) is 10.9. The van der Waals surface area contributed by atoms with Gasteiger partial charge in [-0.25, -0.2) is 13.2 Å². The summed E-state index contributed by atoms with van der Waals surface area (Å²) in [4.78, 5) is 25.3. The van der Waals surface area contributed by atoms with Crippen LogP contribution in [-0.4, -0.2) is 54.8 Å². The van der Waals surface area contributed by atoms with Crippen molar-refractivity contribution in [3.63, 3.8) is 0 Å². The molecule has 0 saturated heterocycles. The van der Waals surface area contributed by atoms with Gasteiger partial charge in [-0.05, 0) is 61.9 Å². The van der Waals surface area contributed by atoms with Crippen LogP contribution in [0.25, 0.3) is 0 Å². The van der Waals surface area contributed by atoms with Gasteiger partial charge in [-0.3, -0.25) is 9.10 Å². The monoisotopic (exact) mass is 576 g/mol. The lowest BCUT2D eigenvalue weighted by molar-refractivity contribution is -0.114. The number of esters is 1. The molecule has 0 saturated carbocycles. The largest absolute Gasteiger partial charge is 0.495 e. The first-order valence-corrected chi connectivity index (χ1v) is 13.5. The van der Waals surface area contributed by atoms with Crippen LogP contribution in [0.15, 0.2) is 59.5 Å². The predicted octanol–water partition coefficient (Wildman–Crippen LogP) is 4.68. The molecule has 3 aromatic carbocycles. The molecule has 0 aliphatic rings. The number of benzene rings is 3. The maximum Gasteiger partial charge on any atom is 0.338 e. The number of ether oxygens (including phenoxy) is 4. The topological polar surface area (TPSA) is 120 Å². The van der Waals surface area contributed by atoms with Gasteiger partial charge >= 0.3 is 5.97 Å². The Morgan fingerprint density at radius 3 is 2.21 bits per heavy atom. The number of nitrogens with one attached hydrogen (secondary N) is 1. The molecule has 0 radical (unpaired) electrons. The zero-order valence-corrected chi connectivity index (χ0v) is 23.7. The third-order valence-corrected chi connectivity index (χ3v) is 7.65. The smallest absolute Gasteiger partial charge is 0.338 e. The predicted molar refractivity (Wildman–Crippen MR) is 148 cm³/mol. The molecule has 39 heavy (non-hydrogen) atoms. The Morgan fingerprint density at radius 1 is 0.897 bits per heavy atom. The van der Waals surface area contributed by atoms with Crippen LogP contribution < -0.4 is 23.8 Å². The van der Waals surface area contributed by atoms with E-state index < -0.39 is 28.4 Å². The second-order valence-electron chi connectivity index (χ2n) is 8.14. The van der Waals surface area contributed by atoms with Gasteiger partial charge in [-0.15, -0.1) is 0 Å². The summed E-state index contributed by atoms with van der Waals surface area (Å²) in [6.07, 6.45) is 0. The Balaban J connectivity index is 2.05. The van der Waals surface area contributed by atoms with Crippen molar-refractivity contribution in [1.82, 2.24) is 0 Å². The molecule has 1 N–H and O–H groups in total. The second kappa shape index (κ2) is 12.7. The van der Waals surface area contributed by atoms with Crippen LogP contribution in [0.5, 0.6) is 17.2 Å². The quantitative estimate of drug-likeness (QED) is 0.327. The highest BCUT2D eigenvalue weighted by atomic mass is 35.5. The Morgan fingerprint density at radius 2 is 1.56 bits per heavy atom. The Kier molecular flexibility index (Phi) is 9.66. The van der Waals surface area contributed by atoms with E-state index in [0.29, 0.717) is 17.0 Å². The highest BCUT2D eigenvalue weighted by molar-refractivity contribution is 7.92. The van der Waals surface area contributed by atoms with Crippen LogP contribution in [0.2, 0.25) is 5.02 Å². The number of carbonyl (C=O) groups excluding carboxylic acids is 2. The van der Waals surface area contributed by atoms with Gasteiger partial charge in [0.05, 0.1) is 44.1 Å². The average molecular weight is 577 g/mol. The maximum atomic E-state index is 13.9. The van der Waals surface area contributed by atoms with E-state index in [9.17, 15) is 18.0 Å². The first-order valence-electron chi connectivity index (χ1n) is 11.7. The van der Waals surface area contributed by atoms with Gasteiger partial charge in [0.1, 0.15) is 12.3 Å². The van der Waals surface area contributed by atoms with E-state index in [1.165, 1.54) is 63.8 Å². The van der Waals surface area contributed by atoms with Crippen molar-refractivity contribution >= 4 is 44.9 Å². The third kappa shape index (κ3) is 6.73. The Hall–Kier alpha value is -3.96. The second-order valence-corrected chi connectivity index (χ2v) is 10.4. The minimum Gasteiger partial charge on any atom is -0.495 e. The fraction of sp³-hybridized carbons (Fsp3) is 0.259. The van der Waals surface area contributed by atoms with Gasteiger partial charge in [-0.1, -0.05) is 17.7 Å². The fourth-order valence-corrected chi connectivity index (χ4v) is 5.29. The number of nitrogens with zero attached hydrogens (tertiary/aromatic N) is 1. The number of carbonyl (C=O) groups is 2. The minimum atomic E-state index is -4.36. The molecule has 0 aliphatic carbocycles. The summed E-state index contributed by atoms with van der Waals surface area (Å²) < 4.78 is 49.7. The van der Waals surface area contributed by atoms with Gasteiger partial charge in [0, 0.05) is 16.8 Å². The summed E-state index contributed by atoms with van der Waals surface area (Å²) in [5, 5.41) is 2.93. The van der Waals surface area contributed by atoms with Crippen molar-refractivity contribution < 1.29 is 37.0 Å². The van der Waals surface area contributed by atoms with Crippen molar-refractivity contribution in [2.24, 2.45) is 0 Å². The number of methoxy groups -OCH3 is 3. The molecule has 0 aromatic heterocycles. The number of anilines is 2. The summed E-state index contributed by atoms with van der Waals surface area (Å²) in [5.74, 6) is -0.526. The molecule has 0 unspecified atom stereocenters. The summed E-state index contributed by atoms with van der Waals surface area (Å²) >= 11 is 6.20. The van der Waals surface area contributed by atoms with E-state index in [1.807, 2.05) is 0 Å². The lowest BCUT2D eigenvalue weighted by atomic mass is 10.1. The number of sulfonamides is 1. The molecule has 0 heterocycles. The van der Waals surface area contributed by atoms with Gasteiger partial charge in [0.2, 0.25) is 5.91 Å². The molecule has 1 amide bonds. The number of halogens is 1. The first-order chi connectivity index (χ1) is 18.5. The first kappa shape index (κ1) is 29.6. The zero-order chi connectivity index (χ0) is 28.7. The molecule has 3 aromatic rings. The molecule has 0 aliphatic heterocycles. The van der Waals surface area contributed by atoms with E-state index in [4.69, 9.17) is 30.5 Å². The molecule has 0 atom stereocenters. The molecule has 3 rings (SSSR count). The molecule has 0 spiro atoms. The van der Waals surface area contributed by atoms with Crippen molar-refractivity contribution in [2.45, 2.75) is 18.7 Å². The minimum absolute atomic E-state index is 0.0481. The fourth-order valence-electron chi connectivity index (χ4n) is 3.68. The van der Waals surface area contributed by atoms with Crippen molar-refractivity contribution in [3.8, 4) is 17.2 Å². The number of rotatable bonds is 11. The zero-order valence-electron chi connectivity index (χ0n) is 22.1. The highest BCUT2D eigenvalue weighted by Crippen LogP contribution is 2.37. The van der Waals surface area contributed by atoms with Gasteiger partial charge in [0.15, 0.2) is 11.5 Å². The highest BCUT2D eigenvalue weighted by Gasteiger charge is 2.31. The third-order valence-electron chi connectivity index (χ3n) is 5.66. The summed E-state index contributed by atoms with van der Waals surface area (Å²) in [7, 11) is -0.180. The standard InChI is InChI=1S/C27H29ClN2O8S/c1-6-38-27(32)18-8-7-17(2)21(13-18)29-26(31)16-30(22-14-19(28)9-11-23(22)35-3)39(33,34)20-10-12-24(36-4)25(15-20)37-5/h7-15H,6,16H2,1-5H3,(H,29,31). The Bertz CT molecular complexity index is 1480. The van der Waals surface area contributed by atoms with E-state index >= 15 is 0 Å². The lowest BCUT2D eigenvalue weighted by Crippen LogP contribution is -2.38.